The maximum atomic E-state index is 5.33. The molecule has 5 heteroatoms. The molecular formula is C17H29N3O2. The van der Waals surface area contributed by atoms with E-state index in [4.69, 9.17) is 9.47 Å². The number of hydrogen-bond acceptors (Lipinski definition) is 3. The van der Waals surface area contributed by atoms with Gasteiger partial charge in [-0.15, -0.1) is 0 Å². The molecule has 0 aliphatic carbocycles. The van der Waals surface area contributed by atoms with Gasteiger partial charge in [-0.25, -0.2) is 0 Å². The summed E-state index contributed by atoms with van der Waals surface area (Å²) in [5.41, 5.74) is 0.918. The van der Waals surface area contributed by atoms with Gasteiger partial charge in [0.25, 0.3) is 0 Å². The molecule has 1 aromatic carbocycles. The molecule has 1 aromatic rings. The second-order valence-corrected chi connectivity index (χ2v) is 5.10. The Hall–Kier alpha value is -1.91. The number of hydrogen-bond donors (Lipinski definition) is 2. The van der Waals surface area contributed by atoms with E-state index >= 15 is 0 Å². The fourth-order valence-electron chi connectivity index (χ4n) is 2.13. The van der Waals surface area contributed by atoms with Gasteiger partial charge in [0, 0.05) is 24.8 Å². The fraction of sp³-hybridized carbons (Fsp3) is 0.588. The summed E-state index contributed by atoms with van der Waals surface area (Å²) in [6.07, 6.45) is 2.30. The average Bonchev–Trinajstić information content (AvgIpc) is 2.55. The Kier molecular flexibility index (Phi) is 8.18. The van der Waals surface area contributed by atoms with E-state index in [-0.39, 0.29) is 0 Å². The van der Waals surface area contributed by atoms with Crippen molar-refractivity contribution >= 4 is 11.6 Å². The number of anilines is 1. The van der Waals surface area contributed by atoms with Gasteiger partial charge in [-0.1, -0.05) is 26.7 Å². The summed E-state index contributed by atoms with van der Waals surface area (Å²) in [6.45, 7) is 8.12. The first-order valence-corrected chi connectivity index (χ1v) is 7.95. The van der Waals surface area contributed by atoms with Gasteiger partial charge < -0.3 is 20.1 Å². The number of guanidine groups is 1. The highest BCUT2D eigenvalue weighted by Gasteiger charge is 2.07. The van der Waals surface area contributed by atoms with Crippen molar-refractivity contribution < 1.29 is 9.47 Å². The summed E-state index contributed by atoms with van der Waals surface area (Å²) >= 11 is 0. The van der Waals surface area contributed by atoms with Gasteiger partial charge in [-0.2, -0.15) is 0 Å². The zero-order chi connectivity index (χ0) is 16.4. The normalized spacial score (nSPS) is 11.5. The lowest BCUT2D eigenvalue weighted by Crippen LogP contribution is -2.31. The molecule has 124 valence electrons. The molecule has 0 saturated carbocycles. The van der Waals surface area contributed by atoms with Gasteiger partial charge in [0.15, 0.2) is 17.5 Å². The summed E-state index contributed by atoms with van der Waals surface area (Å²) in [7, 11) is 3.26. The Labute approximate surface area is 134 Å². The smallest absolute Gasteiger partial charge is 0.195 e. The van der Waals surface area contributed by atoms with Crippen LogP contribution in [0, 0.1) is 5.92 Å². The first-order valence-electron chi connectivity index (χ1n) is 7.95. The minimum Gasteiger partial charge on any atom is -0.493 e. The van der Waals surface area contributed by atoms with Gasteiger partial charge in [-0.3, -0.25) is 4.99 Å². The van der Waals surface area contributed by atoms with E-state index in [1.54, 1.807) is 14.2 Å². The second kappa shape index (κ2) is 9.92. The minimum atomic E-state index is 0.626. The van der Waals surface area contributed by atoms with E-state index in [1.165, 1.54) is 0 Å². The lowest BCUT2D eigenvalue weighted by atomic mass is 10.0. The summed E-state index contributed by atoms with van der Waals surface area (Å²) in [6, 6.07) is 5.74. The average molecular weight is 307 g/mol. The molecule has 1 rings (SSSR count). The fourth-order valence-corrected chi connectivity index (χ4v) is 2.13. The zero-order valence-corrected chi connectivity index (χ0v) is 14.4. The van der Waals surface area contributed by atoms with Gasteiger partial charge in [0.1, 0.15) is 0 Å². The molecule has 0 aromatic heterocycles. The Morgan fingerprint density at radius 2 is 1.77 bits per heavy atom. The van der Waals surface area contributed by atoms with Crippen molar-refractivity contribution in [3.63, 3.8) is 0 Å². The standard InChI is InChI=1S/C17H29N3O2/c1-6-13(7-2)12-19-17(18-8-3)20-14-9-10-15(21-4)16(11-14)22-5/h9-11,13H,6-8,12H2,1-5H3,(H2,18,19,20). The molecule has 0 aliphatic rings. The lowest BCUT2D eigenvalue weighted by molar-refractivity contribution is 0.355. The van der Waals surface area contributed by atoms with E-state index in [0.29, 0.717) is 17.4 Å². The number of aliphatic imine (C=N–C) groups is 1. The highest BCUT2D eigenvalue weighted by molar-refractivity contribution is 5.93. The van der Waals surface area contributed by atoms with E-state index in [9.17, 15) is 0 Å². The number of nitrogens with zero attached hydrogens (tertiary/aromatic N) is 1. The van der Waals surface area contributed by atoms with Crippen LogP contribution in [0.3, 0.4) is 0 Å². The van der Waals surface area contributed by atoms with Crippen LogP contribution in [0.5, 0.6) is 11.5 Å². The Bertz CT molecular complexity index is 471. The Morgan fingerprint density at radius 1 is 1.09 bits per heavy atom. The molecule has 5 nitrogen and oxygen atoms in total. The van der Waals surface area contributed by atoms with Crippen molar-refractivity contribution in [2.24, 2.45) is 10.9 Å². The molecular weight excluding hydrogens is 278 g/mol. The number of nitrogens with one attached hydrogen (secondary N) is 2. The van der Waals surface area contributed by atoms with Crippen LogP contribution >= 0.6 is 0 Å². The van der Waals surface area contributed by atoms with Gasteiger partial charge in [-0.05, 0) is 25.0 Å². The molecule has 0 fully saturated rings. The highest BCUT2D eigenvalue weighted by atomic mass is 16.5. The van der Waals surface area contributed by atoms with Crippen LogP contribution in [0.15, 0.2) is 23.2 Å². The molecule has 0 unspecified atom stereocenters. The first-order chi connectivity index (χ1) is 10.7. The predicted molar refractivity (Wildman–Crippen MR) is 93.2 cm³/mol. The molecule has 0 atom stereocenters. The minimum absolute atomic E-state index is 0.626. The van der Waals surface area contributed by atoms with Crippen molar-refractivity contribution in [1.82, 2.24) is 5.32 Å². The third-order valence-electron chi connectivity index (χ3n) is 3.65. The van der Waals surface area contributed by atoms with Crippen molar-refractivity contribution in [3.05, 3.63) is 18.2 Å². The van der Waals surface area contributed by atoms with Crippen molar-refractivity contribution in [1.29, 1.82) is 0 Å². The molecule has 0 radical (unpaired) electrons. The number of methoxy groups -OCH3 is 2. The SMILES string of the molecule is CCNC(=NCC(CC)CC)Nc1ccc(OC)c(OC)c1. The molecule has 22 heavy (non-hydrogen) atoms. The monoisotopic (exact) mass is 307 g/mol. The van der Waals surface area contributed by atoms with Crippen LogP contribution in [0.1, 0.15) is 33.6 Å². The number of ether oxygens (including phenoxy) is 2. The van der Waals surface area contributed by atoms with E-state index in [0.717, 1.165) is 37.6 Å². The maximum Gasteiger partial charge on any atom is 0.195 e. The van der Waals surface area contributed by atoms with Crippen LogP contribution in [-0.2, 0) is 0 Å². The quantitative estimate of drug-likeness (QED) is 0.570. The molecule has 0 bridgehead atoms. The van der Waals surface area contributed by atoms with Crippen LogP contribution < -0.4 is 20.1 Å². The summed E-state index contributed by atoms with van der Waals surface area (Å²) in [4.78, 5) is 4.67. The van der Waals surface area contributed by atoms with E-state index < -0.39 is 0 Å². The molecule has 2 N–H and O–H groups in total. The lowest BCUT2D eigenvalue weighted by Gasteiger charge is -2.15. The van der Waals surface area contributed by atoms with Crippen LogP contribution in [0.25, 0.3) is 0 Å². The largest absolute Gasteiger partial charge is 0.493 e. The van der Waals surface area contributed by atoms with E-state index in [1.807, 2.05) is 18.2 Å². The predicted octanol–water partition coefficient (Wildman–Crippen LogP) is 3.52. The third kappa shape index (κ3) is 5.47. The summed E-state index contributed by atoms with van der Waals surface area (Å²) in [5.74, 6) is 2.83. The van der Waals surface area contributed by atoms with Gasteiger partial charge in [0.2, 0.25) is 0 Å². The van der Waals surface area contributed by atoms with Crippen LogP contribution in [0.2, 0.25) is 0 Å². The molecule has 0 aliphatic heterocycles. The van der Waals surface area contributed by atoms with Gasteiger partial charge >= 0.3 is 0 Å². The first kappa shape index (κ1) is 18.1. The highest BCUT2D eigenvalue weighted by Crippen LogP contribution is 2.29. The van der Waals surface area contributed by atoms with Crippen molar-refractivity contribution in [2.75, 3.05) is 32.6 Å². The molecule has 0 spiro atoms. The third-order valence-corrected chi connectivity index (χ3v) is 3.65. The van der Waals surface area contributed by atoms with Crippen molar-refractivity contribution in [2.45, 2.75) is 33.6 Å². The number of benzene rings is 1. The molecule has 0 saturated heterocycles. The van der Waals surface area contributed by atoms with Crippen LogP contribution in [0.4, 0.5) is 5.69 Å². The summed E-state index contributed by atoms with van der Waals surface area (Å²) in [5, 5.41) is 6.58. The van der Waals surface area contributed by atoms with Gasteiger partial charge in [0.05, 0.1) is 14.2 Å². The maximum absolute atomic E-state index is 5.33. The Balaban J connectivity index is 2.84. The second-order valence-electron chi connectivity index (χ2n) is 5.10. The van der Waals surface area contributed by atoms with Crippen LogP contribution in [-0.4, -0.2) is 33.3 Å². The Morgan fingerprint density at radius 3 is 2.32 bits per heavy atom. The molecule has 0 amide bonds. The topological polar surface area (TPSA) is 54.9 Å². The van der Waals surface area contributed by atoms with E-state index in [2.05, 4.69) is 36.4 Å². The molecule has 0 heterocycles. The zero-order valence-electron chi connectivity index (χ0n) is 14.4. The number of rotatable bonds is 8. The summed E-state index contributed by atoms with van der Waals surface area (Å²) < 4.78 is 10.6. The van der Waals surface area contributed by atoms with Crippen molar-refractivity contribution in [3.8, 4) is 11.5 Å².